The van der Waals surface area contributed by atoms with Gasteiger partial charge in [-0.2, -0.15) is 5.06 Å². The maximum absolute atomic E-state index is 10.0. The van der Waals surface area contributed by atoms with Crippen molar-refractivity contribution in [2.24, 2.45) is 0 Å². The summed E-state index contributed by atoms with van der Waals surface area (Å²) in [6.07, 6.45) is 2.31. The van der Waals surface area contributed by atoms with Crippen LogP contribution in [0, 0.1) is 6.92 Å². The van der Waals surface area contributed by atoms with E-state index in [4.69, 9.17) is 4.84 Å². The maximum Gasteiger partial charge on any atom is 0.127 e. The van der Waals surface area contributed by atoms with E-state index in [1.54, 1.807) is 0 Å². The second-order valence-corrected chi connectivity index (χ2v) is 7.92. The van der Waals surface area contributed by atoms with Crippen LogP contribution in [-0.2, 0) is 4.84 Å². The number of nitrogens with zero attached hydrogens (tertiary/aromatic N) is 1. The Labute approximate surface area is 164 Å². The molecule has 1 N–H and O–H groups in total. The van der Waals surface area contributed by atoms with Gasteiger partial charge in [-0.15, -0.1) is 0 Å². The average molecular weight is 368 g/mol. The minimum atomic E-state index is -0.416. The Hall–Kier alpha value is -1.94. The van der Waals surface area contributed by atoms with Crippen molar-refractivity contribution in [1.29, 1.82) is 0 Å². The van der Waals surface area contributed by atoms with Crippen LogP contribution >= 0.6 is 0 Å². The first kappa shape index (κ1) is 21.4. The number of benzene rings is 2. The molecule has 0 spiro atoms. The van der Waals surface area contributed by atoms with Gasteiger partial charge in [0.25, 0.3) is 0 Å². The molecule has 146 valence electrons. The van der Waals surface area contributed by atoms with Crippen molar-refractivity contribution >= 4 is 6.08 Å². The number of rotatable bonds is 8. The lowest BCUT2D eigenvalue weighted by Gasteiger charge is -2.42. The zero-order valence-corrected chi connectivity index (χ0v) is 17.3. The topological polar surface area (TPSA) is 32.7 Å². The minimum absolute atomic E-state index is 0.0791. The maximum atomic E-state index is 10.0. The van der Waals surface area contributed by atoms with Gasteiger partial charge < -0.3 is 5.11 Å². The fourth-order valence-corrected chi connectivity index (χ4v) is 3.36. The Morgan fingerprint density at radius 3 is 2.22 bits per heavy atom. The first-order valence-corrected chi connectivity index (χ1v) is 9.66. The van der Waals surface area contributed by atoms with Crippen LogP contribution in [0.5, 0.6) is 0 Å². The third kappa shape index (κ3) is 5.29. The van der Waals surface area contributed by atoms with E-state index in [0.717, 1.165) is 17.5 Å². The van der Waals surface area contributed by atoms with Gasteiger partial charge in [0, 0.05) is 5.54 Å². The van der Waals surface area contributed by atoms with Gasteiger partial charge in [0.1, 0.15) is 6.10 Å². The highest BCUT2D eigenvalue weighted by Crippen LogP contribution is 2.35. The molecule has 0 radical (unpaired) electrons. The van der Waals surface area contributed by atoms with Crippen LogP contribution in [0.2, 0.25) is 0 Å². The Balaban J connectivity index is 2.36. The number of hydrogen-bond donors (Lipinski definition) is 1. The molecule has 3 nitrogen and oxygen atoms in total. The van der Waals surface area contributed by atoms with Gasteiger partial charge >= 0.3 is 0 Å². The molecule has 3 heteroatoms. The summed E-state index contributed by atoms with van der Waals surface area (Å²) in [5.41, 5.74) is 4.29. The van der Waals surface area contributed by atoms with Crippen LogP contribution in [0.3, 0.4) is 0 Å². The molecule has 2 aromatic rings. The van der Waals surface area contributed by atoms with Crippen LogP contribution in [0.1, 0.15) is 68.5 Å². The van der Waals surface area contributed by atoms with E-state index in [0.29, 0.717) is 0 Å². The lowest BCUT2D eigenvalue weighted by molar-refractivity contribution is -0.275. The monoisotopic (exact) mass is 367 g/mol. The van der Waals surface area contributed by atoms with Gasteiger partial charge in [0.05, 0.1) is 12.6 Å². The predicted octanol–water partition coefficient (Wildman–Crippen LogP) is 5.85. The molecule has 0 saturated heterocycles. The number of aryl methyl sites for hydroxylation is 1. The van der Waals surface area contributed by atoms with Crippen molar-refractivity contribution < 1.29 is 9.94 Å². The van der Waals surface area contributed by atoms with Crippen LogP contribution in [0.15, 0.2) is 55.1 Å². The standard InChI is InChI=1S/C24H33NO2/c1-7-19-13-15-20(16-14-19)23(17-26)27-25(24(4,5)6)22(8-2)21-12-10-9-11-18(21)3/h7,9-16,22-23,26H,1,8,17H2,2-6H3. The van der Waals surface area contributed by atoms with Crippen molar-refractivity contribution in [3.05, 3.63) is 77.4 Å². The number of aliphatic hydroxyl groups is 1. The van der Waals surface area contributed by atoms with Crippen molar-refractivity contribution in [3.63, 3.8) is 0 Å². The van der Waals surface area contributed by atoms with E-state index in [2.05, 4.69) is 70.5 Å². The number of aliphatic hydroxyl groups excluding tert-OH is 1. The van der Waals surface area contributed by atoms with Crippen molar-refractivity contribution in [1.82, 2.24) is 5.06 Å². The SMILES string of the molecule is C=Cc1ccc(C(CO)ON(C(CC)c2ccccc2C)C(C)(C)C)cc1. The van der Waals surface area contributed by atoms with E-state index in [1.165, 1.54) is 11.1 Å². The van der Waals surface area contributed by atoms with Gasteiger partial charge in [-0.25, -0.2) is 0 Å². The Morgan fingerprint density at radius 1 is 1.11 bits per heavy atom. The fraction of sp³-hybridized carbons (Fsp3) is 0.417. The lowest BCUT2D eigenvalue weighted by atomic mass is 9.95. The van der Waals surface area contributed by atoms with Gasteiger partial charge in [-0.3, -0.25) is 4.84 Å². The van der Waals surface area contributed by atoms with Crippen molar-refractivity contribution in [2.75, 3.05) is 6.61 Å². The molecule has 0 saturated carbocycles. The Morgan fingerprint density at radius 2 is 1.74 bits per heavy atom. The van der Waals surface area contributed by atoms with Gasteiger partial charge in [0.2, 0.25) is 0 Å². The van der Waals surface area contributed by atoms with Crippen LogP contribution < -0.4 is 0 Å². The molecule has 0 fully saturated rings. The summed E-state index contributed by atoms with van der Waals surface area (Å²) in [4.78, 5) is 6.44. The Bertz CT molecular complexity index is 731. The summed E-state index contributed by atoms with van der Waals surface area (Å²) >= 11 is 0. The van der Waals surface area contributed by atoms with E-state index >= 15 is 0 Å². The minimum Gasteiger partial charge on any atom is -0.393 e. The molecule has 0 aliphatic carbocycles. The smallest absolute Gasteiger partial charge is 0.127 e. The summed E-state index contributed by atoms with van der Waals surface area (Å²) in [6, 6.07) is 16.5. The molecular formula is C24H33NO2. The highest BCUT2D eigenvalue weighted by molar-refractivity contribution is 5.47. The zero-order valence-electron chi connectivity index (χ0n) is 17.3. The molecular weight excluding hydrogens is 334 g/mol. The predicted molar refractivity (Wildman–Crippen MR) is 113 cm³/mol. The normalized spacial score (nSPS) is 14.2. The average Bonchev–Trinajstić information content (AvgIpc) is 2.65. The van der Waals surface area contributed by atoms with Crippen LogP contribution in [-0.4, -0.2) is 22.3 Å². The number of hydrogen-bond acceptors (Lipinski definition) is 3. The summed E-state index contributed by atoms with van der Waals surface area (Å²) in [5.74, 6) is 0. The van der Waals surface area contributed by atoms with E-state index in [-0.39, 0.29) is 18.2 Å². The fourth-order valence-electron chi connectivity index (χ4n) is 3.36. The second kappa shape index (κ2) is 9.32. The first-order valence-electron chi connectivity index (χ1n) is 9.66. The quantitative estimate of drug-likeness (QED) is 0.594. The molecule has 0 aliphatic heterocycles. The summed E-state index contributed by atoms with van der Waals surface area (Å²) < 4.78 is 0. The molecule has 0 bridgehead atoms. The van der Waals surface area contributed by atoms with E-state index in [1.807, 2.05) is 30.3 Å². The Kier molecular flexibility index (Phi) is 7.37. The first-order chi connectivity index (χ1) is 12.8. The molecule has 2 aromatic carbocycles. The highest BCUT2D eigenvalue weighted by Gasteiger charge is 2.33. The zero-order chi connectivity index (χ0) is 20.0. The lowest BCUT2D eigenvalue weighted by Crippen LogP contribution is -2.45. The molecule has 0 heterocycles. The molecule has 2 rings (SSSR count). The van der Waals surface area contributed by atoms with Gasteiger partial charge in [-0.1, -0.05) is 68.1 Å². The van der Waals surface area contributed by atoms with Gasteiger partial charge in [0.15, 0.2) is 0 Å². The molecule has 0 amide bonds. The summed E-state index contributed by atoms with van der Waals surface area (Å²) in [6.45, 7) is 14.4. The third-order valence-corrected chi connectivity index (χ3v) is 4.83. The van der Waals surface area contributed by atoms with Crippen molar-refractivity contribution in [2.45, 2.75) is 58.7 Å². The van der Waals surface area contributed by atoms with Crippen LogP contribution in [0.4, 0.5) is 0 Å². The molecule has 0 aliphatic rings. The highest BCUT2D eigenvalue weighted by atomic mass is 16.7. The molecule has 2 atom stereocenters. The summed E-state index contributed by atoms with van der Waals surface area (Å²) in [5, 5.41) is 12.1. The second-order valence-electron chi connectivity index (χ2n) is 7.92. The molecule has 27 heavy (non-hydrogen) atoms. The number of hydroxylamine groups is 2. The van der Waals surface area contributed by atoms with Crippen molar-refractivity contribution in [3.8, 4) is 0 Å². The molecule has 2 unspecified atom stereocenters. The van der Waals surface area contributed by atoms with E-state index < -0.39 is 6.10 Å². The third-order valence-electron chi connectivity index (χ3n) is 4.83. The largest absolute Gasteiger partial charge is 0.393 e. The van der Waals surface area contributed by atoms with E-state index in [9.17, 15) is 5.11 Å². The van der Waals surface area contributed by atoms with Crippen LogP contribution in [0.25, 0.3) is 6.08 Å². The molecule has 0 aromatic heterocycles. The van der Waals surface area contributed by atoms with Gasteiger partial charge in [-0.05, 0) is 56.4 Å². The summed E-state index contributed by atoms with van der Waals surface area (Å²) in [7, 11) is 0.